The van der Waals surface area contributed by atoms with Gasteiger partial charge in [0, 0.05) is 24.6 Å². The van der Waals surface area contributed by atoms with E-state index in [0.29, 0.717) is 6.54 Å². The van der Waals surface area contributed by atoms with E-state index in [9.17, 15) is 9.50 Å². The number of halogens is 1. The second-order valence-corrected chi connectivity index (χ2v) is 3.75. The molecule has 2 aromatic heterocycles. The molecule has 3 nitrogen and oxygen atoms in total. The van der Waals surface area contributed by atoms with Gasteiger partial charge in [-0.2, -0.15) is 0 Å². The van der Waals surface area contributed by atoms with Gasteiger partial charge in [0.1, 0.15) is 5.82 Å². The van der Waals surface area contributed by atoms with Crippen molar-refractivity contribution >= 4 is 0 Å². The van der Waals surface area contributed by atoms with Crippen molar-refractivity contribution in [3.8, 4) is 0 Å². The Morgan fingerprint density at radius 2 is 2.31 bits per heavy atom. The molecule has 0 aliphatic heterocycles. The Kier molecular flexibility index (Phi) is 3.01. The summed E-state index contributed by atoms with van der Waals surface area (Å²) in [5.41, 5.74) is 1.59. The quantitative estimate of drug-likeness (QED) is 0.860. The highest BCUT2D eigenvalue weighted by atomic mass is 19.1. The lowest BCUT2D eigenvalue weighted by atomic mass is 10.2. The molecule has 0 amide bonds. The predicted octanol–water partition coefficient (Wildman–Crippen LogP) is 2.12. The first-order valence-corrected chi connectivity index (χ1v) is 5.09. The lowest BCUT2D eigenvalue weighted by Crippen LogP contribution is -2.06. The maximum atomic E-state index is 12.9. The van der Waals surface area contributed by atoms with Crippen LogP contribution in [0, 0.1) is 5.82 Å². The summed E-state index contributed by atoms with van der Waals surface area (Å²) in [6, 6.07) is 5.14. The molecule has 2 aromatic rings. The summed E-state index contributed by atoms with van der Waals surface area (Å²) in [5, 5.41) is 9.52. The largest absolute Gasteiger partial charge is 0.387 e. The third-order valence-corrected chi connectivity index (χ3v) is 2.41. The highest BCUT2D eigenvalue weighted by molar-refractivity contribution is 5.15. The normalized spacial score (nSPS) is 12.7. The van der Waals surface area contributed by atoms with Gasteiger partial charge in [-0.25, -0.2) is 4.39 Å². The summed E-state index contributed by atoms with van der Waals surface area (Å²) in [5.74, 6) is -0.344. The monoisotopic (exact) mass is 220 g/mol. The number of hydrogen-bond donors (Lipinski definition) is 1. The van der Waals surface area contributed by atoms with Crippen LogP contribution in [0.5, 0.6) is 0 Å². The lowest BCUT2D eigenvalue weighted by Gasteiger charge is -2.11. The molecule has 4 heteroatoms. The van der Waals surface area contributed by atoms with Crippen LogP contribution in [0.25, 0.3) is 0 Å². The third kappa shape index (κ3) is 2.28. The van der Waals surface area contributed by atoms with E-state index in [1.54, 1.807) is 13.1 Å². The minimum atomic E-state index is -0.531. The Bertz CT molecular complexity index is 479. The first kappa shape index (κ1) is 10.8. The molecular weight excluding hydrogens is 207 g/mol. The van der Waals surface area contributed by atoms with Crippen molar-refractivity contribution < 1.29 is 9.50 Å². The topological polar surface area (TPSA) is 38.0 Å². The minimum absolute atomic E-state index is 0.344. The number of rotatable bonds is 3. The van der Waals surface area contributed by atoms with Crippen molar-refractivity contribution in [2.45, 2.75) is 19.6 Å². The minimum Gasteiger partial charge on any atom is -0.387 e. The molecule has 1 N–H and O–H groups in total. The number of nitrogens with zero attached hydrogens (tertiary/aromatic N) is 2. The Hall–Kier alpha value is -1.68. The van der Waals surface area contributed by atoms with E-state index in [4.69, 9.17) is 0 Å². The summed E-state index contributed by atoms with van der Waals surface area (Å²) < 4.78 is 14.8. The SMILES string of the molecule is CC(O)c1cccn1Cc1cncc(F)c1. The standard InChI is InChI=1S/C12H13FN2O/c1-9(16)12-3-2-4-15(12)8-10-5-11(13)7-14-6-10/h2-7,9,16H,8H2,1H3. The molecule has 0 bridgehead atoms. The maximum absolute atomic E-state index is 12.9. The van der Waals surface area contributed by atoms with E-state index in [1.807, 2.05) is 22.9 Å². The van der Waals surface area contributed by atoms with Gasteiger partial charge in [0.2, 0.25) is 0 Å². The number of hydrogen-bond acceptors (Lipinski definition) is 2. The van der Waals surface area contributed by atoms with Gasteiger partial charge in [0.15, 0.2) is 0 Å². The molecule has 0 aliphatic rings. The van der Waals surface area contributed by atoms with Gasteiger partial charge in [0.25, 0.3) is 0 Å². The smallest absolute Gasteiger partial charge is 0.141 e. The fraction of sp³-hybridized carbons (Fsp3) is 0.250. The predicted molar refractivity (Wildman–Crippen MR) is 58.4 cm³/mol. The van der Waals surface area contributed by atoms with E-state index in [-0.39, 0.29) is 5.82 Å². The molecule has 0 radical (unpaired) electrons. The van der Waals surface area contributed by atoms with Crippen molar-refractivity contribution in [3.63, 3.8) is 0 Å². The molecule has 0 spiro atoms. The second-order valence-electron chi connectivity index (χ2n) is 3.75. The second kappa shape index (κ2) is 4.45. The van der Waals surface area contributed by atoms with Crippen LogP contribution < -0.4 is 0 Å². The number of aliphatic hydroxyl groups is 1. The van der Waals surface area contributed by atoms with Crippen LogP contribution >= 0.6 is 0 Å². The van der Waals surface area contributed by atoms with Crippen molar-refractivity contribution in [1.82, 2.24) is 9.55 Å². The molecule has 2 heterocycles. The molecule has 0 saturated carbocycles. The van der Waals surface area contributed by atoms with E-state index in [0.717, 1.165) is 11.3 Å². The van der Waals surface area contributed by atoms with Crippen molar-refractivity contribution in [1.29, 1.82) is 0 Å². The van der Waals surface area contributed by atoms with Gasteiger partial charge in [-0.3, -0.25) is 4.98 Å². The first-order chi connectivity index (χ1) is 7.66. The highest BCUT2D eigenvalue weighted by Gasteiger charge is 2.07. The highest BCUT2D eigenvalue weighted by Crippen LogP contribution is 2.14. The fourth-order valence-electron chi connectivity index (χ4n) is 1.69. The third-order valence-electron chi connectivity index (χ3n) is 2.41. The summed E-state index contributed by atoms with van der Waals surface area (Å²) in [4.78, 5) is 3.79. The van der Waals surface area contributed by atoms with Crippen LogP contribution in [0.15, 0.2) is 36.8 Å². The van der Waals surface area contributed by atoms with Gasteiger partial charge in [-0.15, -0.1) is 0 Å². The van der Waals surface area contributed by atoms with Crippen LogP contribution in [0.4, 0.5) is 4.39 Å². The Labute approximate surface area is 93.2 Å². The van der Waals surface area contributed by atoms with Gasteiger partial charge in [-0.05, 0) is 30.7 Å². The number of aliphatic hydroxyl groups excluding tert-OH is 1. The van der Waals surface area contributed by atoms with Crippen LogP contribution in [-0.4, -0.2) is 14.7 Å². The van der Waals surface area contributed by atoms with E-state index in [2.05, 4.69) is 4.98 Å². The Morgan fingerprint density at radius 3 is 3.00 bits per heavy atom. The van der Waals surface area contributed by atoms with E-state index >= 15 is 0 Å². The molecule has 84 valence electrons. The Balaban J connectivity index is 2.24. The molecule has 0 saturated heterocycles. The zero-order chi connectivity index (χ0) is 11.5. The molecule has 0 fully saturated rings. The molecule has 0 aliphatic carbocycles. The van der Waals surface area contributed by atoms with Gasteiger partial charge < -0.3 is 9.67 Å². The number of aromatic nitrogens is 2. The summed E-state index contributed by atoms with van der Waals surface area (Å²) >= 11 is 0. The van der Waals surface area contributed by atoms with Crippen LogP contribution in [0.1, 0.15) is 24.3 Å². The number of pyridine rings is 1. The molecule has 16 heavy (non-hydrogen) atoms. The summed E-state index contributed by atoms with van der Waals surface area (Å²) in [6.45, 7) is 2.22. The molecular formula is C12H13FN2O. The average molecular weight is 220 g/mol. The lowest BCUT2D eigenvalue weighted by molar-refractivity contribution is 0.190. The molecule has 1 atom stereocenters. The van der Waals surface area contributed by atoms with Crippen LogP contribution in [0.3, 0.4) is 0 Å². The first-order valence-electron chi connectivity index (χ1n) is 5.09. The summed E-state index contributed by atoms with van der Waals surface area (Å²) in [6.07, 6.45) is 4.12. The van der Waals surface area contributed by atoms with Crippen molar-refractivity contribution in [2.24, 2.45) is 0 Å². The van der Waals surface area contributed by atoms with Crippen LogP contribution in [0.2, 0.25) is 0 Å². The van der Waals surface area contributed by atoms with Gasteiger partial charge in [0.05, 0.1) is 12.3 Å². The van der Waals surface area contributed by atoms with E-state index < -0.39 is 6.10 Å². The Morgan fingerprint density at radius 1 is 1.50 bits per heavy atom. The maximum Gasteiger partial charge on any atom is 0.141 e. The van der Waals surface area contributed by atoms with Gasteiger partial charge >= 0.3 is 0 Å². The van der Waals surface area contributed by atoms with Crippen molar-refractivity contribution in [2.75, 3.05) is 0 Å². The summed E-state index contributed by atoms with van der Waals surface area (Å²) in [7, 11) is 0. The van der Waals surface area contributed by atoms with Gasteiger partial charge in [-0.1, -0.05) is 0 Å². The van der Waals surface area contributed by atoms with E-state index in [1.165, 1.54) is 12.3 Å². The fourth-order valence-corrected chi connectivity index (χ4v) is 1.69. The molecule has 2 rings (SSSR count). The zero-order valence-electron chi connectivity index (χ0n) is 8.97. The van der Waals surface area contributed by atoms with Crippen molar-refractivity contribution in [3.05, 3.63) is 53.9 Å². The van der Waals surface area contributed by atoms with Crippen LogP contribution in [-0.2, 0) is 6.54 Å². The molecule has 1 unspecified atom stereocenters. The molecule has 0 aromatic carbocycles. The average Bonchev–Trinajstić information content (AvgIpc) is 2.66. The zero-order valence-corrected chi connectivity index (χ0v) is 8.97.